The van der Waals surface area contributed by atoms with Crippen LogP contribution in [0.1, 0.15) is 29.3 Å². The van der Waals surface area contributed by atoms with Crippen LogP contribution in [-0.2, 0) is 6.54 Å². The van der Waals surface area contributed by atoms with E-state index >= 15 is 0 Å². The van der Waals surface area contributed by atoms with Crippen molar-refractivity contribution in [2.75, 3.05) is 13.7 Å². The zero-order valence-corrected chi connectivity index (χ0v) is 19.7. The van der Waals surface area contributed by atoms with Gasteiger partial charge in [-0.15, -0.1) is 0 Å². The summed E-state index contributed by atoms with van der Waals surface area (Å²) in [5.41, 5.74) is 2.33. The molecule has 0 unspecified atom stereocenters. The lowest BCUT2D eigenvalue weighted by Gasteiger charge is -2.09. The molecule has 4 aromatic rings. The van der Waals surface area contributed by atoms with Gasteiger partial charge in [-0.1, -0.05) is 37.3 Å². The van der Waals surface area contributed by atoms with E-state index in [4.69, 9.17) is 14.2 Å². The quantitative estimate of drug-likeness (QED) is 0.323. The number of carbonyl (C=O) groups excluding carboxylic acids is 1. The van der Waals surface area contributed by atoms with Gasteiger partial charge < -0.3 is 19.5 Å². The van der Waals surface area contributed by atoms with Gasteiger partial charge in [-0.3, -0.25) is 4.79 Å². The smallest absolute Gasteiger partial charge is 0.251 e. The molecular weight excluding hydrogens is 442 g/mol. The molecule has 7 nitrogen and oxygen atoms in total. The first-order valence-corrected chi connectivity index (χ1v) is 11.4. The van der Waals surface area contributed by atoms with Gasteiger partial charge in [0.25, 0.3) is 5.91 Å². The van der Waals surface area contributed by atoms with E-state index in [2.05, 4.69) is 22.2 Å². The summed E-state index contributed by atoms with van der Waals surface area (Å²) < 4.78 is 16.7. The van der Waals surface area contributed by atoms with E-state index in [0.717, 1.165) is 23.3 Å². The number of rotatable bonds is 10. The van der Waals surface area contributed by atoms with Crippen LogP contribution in [-0.4, -0.2) is 29.6 Å². The van der Waals surface area contributed by atoms with Crippen molar-refractivity contribution >= 4 is 5.91 Å². The number of nitrogens with zero attached hydrogens (tertiary/aromatic N) is 2. The molecule has 1 aromatic heterocycles. The minimum atomic E-state index is -0.154. The zero-order valence-electron chi connectivity index (χ0n) is 19.7. The Labute approximate surface area is 204 Å². The number of nitrogens with one attached hydrogen (secondary N) is 1. The number of amides is 1. The molecule has 7 heteroatoms. The Kier molecular flexibility index (Phi) is 7.91. The Hall–Kier alpha value is -4.39. The van der Waals surface area contributed by atoms with E-state index < -0.39 is 0 Å². The number of methoxy groups -OCH3 is 1. The van der Waals surface area contributed by atoms with E-state index in [-0.39, 0.29) is 5.91 Å². The lowest BCUT2D eigenvalue weighted by Crippen LogP contribution is -2.22. The fraction of sp³-hybridized carbons (Fsp3) is 0.179. The van der Waals surface area contributed by atoms with E-state index in [0.29, 0.717) is 41.9 Å². The molecule has 0 bridgehead atoms. The fourth-order valence-corrected chi connectivity index (χ4v) is 3.30. The van der Waals surface area contributed by atoms with Crippen molar-refractivity contribution in [3.63, 3.8) is 0 Å². The highest BCUT2D eigenvalue weighted by atomic mass is 16.5. The van der Waals surface area contributed by atoms with Crippen molar-refractivity contribution in [3.8, 4) is 34.5 Å². The van der Waals surface area contributed by atoms with Gasteiger partial charge in [0, 0.05) is 36.0 Å². The molecule has 0 fully saturated rings. The molecule has 1 N–H and O–H groups in total. The van der Waals surface area contributed by atoms with Crippen LogP contribution in [0, 0.1) is 0 Å². The molecular formula is C28H27N3O4. The summed E-state index contributed by atoms with van der Waals surface area (Å²) in [6, 6.07) is 23.9. The summed E-state index contributed by atoms with van der Waals surface area (Å²) in [5, 5.41) is 2.94. The Morgan fingerprint density at radius 1 is 0.914 bits per heavy atom. The van der Waals surface area contributed by atoms with E-state index in [9.17, 15) is 4.79 Å². The van der Waals surface area contributed by atoms with Crippen molar-refractivity contribution in [1.82, 2.24) is 15.3 Å². The molecule has 4 rings (SSSR count). The summed E-state index contributed by atoms with van der Waals surface area (Å²) in [5.74, 6) is 2.91. The molecule has 1 heterocycles. The monoisotopic (exact) mass is 469 g/mol. The summed E-state index contributed by atoms with van der Waals surface area (Å²) >= 11 is 0. The molecule has 1 amide bonds. The van der Waals surface area contributed by atoms with Gasteiger partial charge >= 0.3 is 0 Å². The van der Waals surface area contributed by atoms with Crippen molar-refractivity contribution in [2.45, 2.75) is 19.9 Å². The zero-order chi connectivity index (χ0) is 24.5. The maximum absolute atomic E-state index is 12.6. The maximum Gasteiger partial charge on any atom is 0.251 e. The van der Waals surface area contributed by atoms with Gasteiger partial charge in [0.2, 0.25) is 5.88 Å². The van der Waals surface area contributed by atoms with Crippen molar-refractivity contribution in [3.05, 3.63) is 96.2 Å². The molecule has 0 radical (unpaired) electrons. The van der Waals surface area contributed by atoms with Crippen LogP contribution in [0.25, 0.3) is 11.4 Å². The predicted molar refractivity (Wildman–Crippen MR) is 134 cm³/mol. The first-order chi connectivity index (χ1) is 17.1. The van der Waals surface area contributed by atoms with Crippen LogP contribution in [0.3, 0.4) is 0 Å². The van der Waals surface area contributed by atoms with Crippen molar-refractivity contribution in [1.29, 1.82) is 0 Å². The van der Waals surface area contributed by atoms with Crippen LogP contribution in [0.2, 0.25) is 0 Å². The van der Waals surface area contributed by atoms with Crippen molar-refractivity contribution < 1.29 is 19.0 Å². The molecule has 0 spiro atoms. The number of ether oxygens (including phenoxy) is 3. The largest absolute Gasteiger partial charge is 0.497 e. The first kappa shape index (κ1) is 23.8. The number of carbonyl (C=O) groups is 1. The third kappa shape index (κ3) is 6.57. The lowest BCUT2D eigenvalue weighted by molar-refractivity contribution is 0.0951. The normalized spacial score (nSPS) is 10.5. The summed E-state index contributed by atoms with van der Waals surface area (Å²) in [6.07, 6.45) is 2.60. The fourth-order valence-electron chi connectivity index (χ4n) is 3.30. The highest BCUT2D eigenvalue weighted by Crippen LogP contribution is 2.25. The number of hydrogen-bond donors (Lipinski definition) is 1. The van der Waals surface area contributed by atoms with Crippen LogP contribution in [0.5, 0.6) is 23.1 Å². The van der Waals surface area contributed by atoms with Gasteiger partial charge in [-0.2, -0.15) is 4.98 Å². The second kappa shape index (κ2) is 11.7. The Bertz CT molecular complexity index is 1260. The summed E-state index contributed by atoms with van der Waals surface area (Å²) in [6.45, 7) is 3.19. The molecule has 0 atom stereocenters. The molecule has 0 saturated heterocycles. The van der Waals surface area contributed by atoms with Gasteiger partial charge in [0.05, 0.1) is 13.7 Å². The highest BCUT2D eigenvalue weighted by molar-refractivity contribution is 5.94. The Morgan fingerprint density at radius 2 is 1.69 bits per heavy atom. The molecule has 0 aliphatic rings. The first-order valence-electron chi connectivity index (χ1n) is 11.4. The van der Waals surface area contributed by atoms with E-state index in [1.165, 1.54) is 0 Å². The summed E-state index contributed by atoms with van der Waals surface area (Å²) in [7, 11) is 1.60. The number of benzene rings is 3. The van der Waals surface area contributed by atoms with Gasteiger partial charge in [0.1, 0.15) is 17.2 Å². The predicted octanol–water partition coefficient (Wildman–Crippen LogP) is 5.66. The molecule has 178 valence electrons. The highest BCUT2D eigenvalue weighted by Gasteiger charge is 2.09. The maximum atomic E-state index is 12.6. The minimum Gasteiger partial charge on any atom is -0.497 e. The van der Waals surface area contributed by atoms with Crippen LogP contribution >= 0.6 is 0 Å². The average Bonchev–Trinajstić information content (AvgIpc) is 2.91. The van der Waals surface area contributed by atoms with Crippen LogP contribution in [0.15, 0.2) is 85.1 Å². The topological polar surface area (TPSA) is 82.6 Å². The second-order valence-electron chi connectivity index (χ2n) is 7.75. The third-order valence-corrected chi connectivity index (χ3v) is 5.15. The van der Waals surface area contributed by atoms with Crippen LogP contribution < -0.4 is 19.5 Å². The number of hydrogen-bond acceptors (Lipinski definition) is 6. The molecule has 0 aliphatic heterocycles. The second-order valence-corrected chi connectivity index (χ2v) is 7.75. The van der Waals surface area contributed by atoms with Gasteiger partial charge in [-0.05, 0) is 48.4 Å². The average molecular weight is 470 g/mol. The lowest BCUT2D eigenvalue weighted by atomic mass is 10.1. The molecule has 3 aromatic carbocycles. The minimum absolute atomic E-state index is 0.154. The SMILES string of the molecule is CCCOc1ccc(CNC(=O)c2ccc(-c3nccc(Oc4cccc(OC)c4)n3)cc2)cc1. The standard InChI is InChI=1S/C28H27N3O4/c1-3-17-34-23-13-7-20(8-14-23)19-30-28(32)22-11-9-21(10-12-22)27-29-16-15-26(31-27)35-25-6-4-5-24(18-25)33-2/h4-16,18H,3,17,19H2,1-2H3,(H,30,32). The van der Waals surface area contributed by atoms with Gasteiger partial charge in [0.15, 0.2) is 5.82 Å². The summed E-state index contributed by atoms with van der Waals surface area (Å²) in [4.78, 5) is 21.4. The van der Waals surface area contributed by atoms with E-state index in [1.54, 1.807) is 37.6 Å². The molecule has 0 aliphatic carbocycles. The third-order valence-electron chi connectivity index (χ3n) is 5.15. The Balaban J connectivity index is 1.36. The van der Waals surface area contributed by atoms with Crippen LogP contribution in [0.4, 0.5) is 0 Å². The van der Waals surface area contributed by atoms with E-state index in [1.807, 2.05) is 54.6 Å². The molecule has 35 heavy (non-hydrogen) atoms. The molecule has 0 saturated carbocycles. The van der Waals surface area contributed by atoms with Crippen molar-refractivity contribution in [2.24, 2.45) is 0 Å². The van der Waals surface area contributed by atoms with Gasteiger partial charge in [-0.25, -0.2) is 4.98 Å². The number of aromatic nitrogens is 2. The Morgan fingerprint density at radius 3 is 2.43 bits per heavy atom.